The zero-order chi connectivity index (χ0) is 21.1. The highest BCUT2D eigenvalue weighted by atomic mass is 32.1. The molecule has 150 valence electrons. The van der Waals surface area contributed by atoms with E-state index in [-0.39, 0.29) is 16.8 Å². The molecule has 6 nitrogen and oxygen atoms in total. The lowest BCUT2D eigenvalue weighted by atomic mass is 10.0. The number of para-hydroxylation sites is 2. The number of nitrogens with one attached hydrogen (secondary N) is 1. The molecular formula is C22H22N2O4S. The Morgan fingerprint density at radius 2 is 1.83 bits per heavy atom. The maximum atomic E-state index is 13.2. The second-order valence-electron chi connectivity index (χ2n) is 6.79. The molecule has 1 fully saturated rings. The standard InChI is InChI=1S/C22H22N2O4S/c1-13(2)28-19-15(9-7-11-18(19)27-4)12-16-20(25)23-22(29)24(21(16)26)17-10-6-5-8-14(17)3/h5-13H,1-4H3,(H,23,25,29)/b16-12-. The first kappa shape index (κ1) is 20.5. The molecule has 1 aliphatic heterocycles. The summed E-state index contributed by atoms with van der Waals surface area (Å²) < 4.78 is 11.3. The lowest BCUT2D eigenvalue weighted by Crippen LogP contribution is -2.54. The van der Waals surface area contributed by atoms with Gasteiger partial charge in [0.2, 0.25) is 0 Å². The van der Waals surface area contributed by atoms with Gasteiger partial charge in [-0.05, 0) is 56.8 Å². The van der Waals surface area contributed by atoms with Crippen LogP contribution in [-0.2, 0) is 9.59 Å². The van der Waals surface area contributed by atoms with Crippen LogP contribution in [0, 0.1) is 6.92 Å². The van der Waals surface area contributed by atoms with E-state index in [0.29, 0.717) is 22.7 Å². The molecule has 0 aromatic heterocycles. The summed E-state index contributed by atoms with van der Waals surface area (Å²) in [5.41, 5.74) is 2.01. The minimum Gasteiger partial charge on any atom is -0.493 e. The van der Waals surface area contributed by atoms with Gasteiger partial charge in [-0.1, -0.05) is 30.3 Å². The zero-order valence-corrected chi connectivity index (χ0v) is 17.5. The Kier molecular flexibility index (Phi) is 5.98. The van der Waals surface area contributed by atoms with Gasteiger partial charge in [-0.3, -0.25) is 19.8 Å². The van der Waals surface area contributed by atoms with Crippen LogP contribution in [0.15, 0.2) is 48.0 Å². The first-order chi connectivity index (χ1) is 13.8. The van der Waals surface area contributed by atoms with Gasteiger partial charge in [0.05, 0.1) is 18.9 Å². The van der Waals surface area contributed by atoms with Gasteiger partial charge in [-0.25, -0.2) is 0 Å². The molecule has 7 heteroatoms. The molecule has 1 saturated heterocycles. The summed E-state index contributed by atoms with van der Waals surface area (Å²) in [6, 6.07) is 12.6. The van der Waals surface area contributed by atoms with E-state index >= 15 is 0 Å². The molecule has 2 amide bonds. The van der Waals surface area contributed by atoms with E-state index in [9.17, 15) is 9.59 Å². The van der Waals surface area contributed by atoms with Crippen molar-refractivity contribution in [2.24, 2.45) is 0 Å². The third-order valence-electron chi connectivity index (χ3n) is 4.34. The van der Waals surface area contributed by atoms with Crippen LogP contribution < -0.4 is 19.7 Å². The van der Waals surface area contributed by atoms with Gasteiger partial charge in [0.1, 0.15) is 5.57 Å². The minimum atomic E-state index is -0.553. The molecular weight excluding hydrogens is 388 g/mol. The van der Waals surface area contributed by atoms with E-state index in [2.05, 4.69) is 5.32 Å². The SMILES string of the molecule is COc1cccc(/C=C2/C(=O)NC(=S)N(c3ccccc3C)C2=O)c1OC(C)C. The third kappa shape index (κ3) is 4.14. The van der Waals surface area contributed by atoms with Crippen LogP contribution in [-0.4, -0.2) is 30.1 Å². The number of hydrogen-bond acceptors (Lipinski definition) is 5. The number of amides is 2. The van der Waals surface area contributed by atoms with E-state index in [1.807, 2.05) is 39.0 Å². The second kappa shape index (κ2) is 8.45. The number of aryl methyl sites for hydroxylation is 1. The smallest absolute Gasteiger partial charge is 0.270 e. The van der Waals surface area contributed by atoms with Crippen molar-refractivity contribution in [3.05, 3.63) is 59.2 Å². The normalized spacial score (nSPS) is 15.7. The van der Waals surface area contributed by atoms with Gasteiger partial charge in [-0.2, -0.15) is 0 Å². The molecule has 0 bridgehead atoms. The van der Waals surface area contributed by atoms with Crippen molar-refractivity contribution in [2.75, 3.05) is 12.0 Å². The van der Waals surface area contributed by atoms with Crippen LogP contribution in [0.2, 0.25) is 0 Å². The third-order valence-corrected chi connectivity index (χ3v) is 4.63. The van der Waals surface area contributed by atoms with Crippen LogP contribution in [0.4, 0.5) is 5.69 Å². The predicted molar refractivity (Wildman–Crippen MR) is 116 cm³/mol. The van der Waals surface area contributed by atoms with E-state index in [4.69, 9.17) is 21.7 Å². The minimum absolute atomic E-state index is 0.0382. The summed E-state index contributed by atoms with van der Waals surface area (Å²) in [4.78, 5) is 27.1. The van der Waals surface area contributed by atoms with Gasteiger partial charge in [-0.15, -0.1) is 0 Å². The lowest BCUT2D eigenvalue weighted by molar-refractivity contribution is -0.122. The number of methoxy groups -OCH3 is 1. The molecule has 0 saturated carbocycles. The fraction of sp³-hybridized carbons (Fsp3) is 0.227. The Hall–Kier alpha value is -3.19. The highest BCUT2D eigenvalue weighted by molar-refractivity contribution is 7.80. The largest absolute Gasteiger partial charge is 0.493 e. The molecule has 1 aliphatic rings. The average Bonchev–Trinajstić information content (AvgIpc) is 2.67. The molecule has 0 atom stereocenters. The summed E-state index contributed by atoms with van der Waals surface area (Å²) in [5, 5.41) is 2.65. The number of ether oxygens (including phenoxy) is 2. The van der Waals surface area contributed by atoms with Crippen molar-refractivity contribution >= 4 is 40.9 Å². The van der Waals surface area contributed by atoms with E-state index in [1.54, 1.807) is 24.3 Å². The quantitative estimate of drug-likeness (QED) is 0.463. The number of carbonyl (C=O) groups excluding carboxylic acids is 2. The number of benzene rings is 2. The average molecular weight is 410 g/mol. The Bertz CT molecular complexity index is 1010. The van der Waals surface area contributed by atoms with Crippen molar-refractivity contribution in [2.45, 2.75) is 26.9 Å². The Balaban J connectivity index is 2.09. The molecule has 1 heterocycles. The first-order valence-corrected chi connectivity index (χ1v) is 9.55. The van der Waals surface area contributed by atoms with Crippen molar-refractivity contribution in [3.63, 3.8) is 0 Å². The molecule has 0 spiro atoms. The summed E-state index contributed by atoms with van der Waals surface area (Å²) in [5.74, 6) is -0.0637. The summed E-state index contributed by atoms with van der Waals surface area (Å²) >= 11 is 5.26. The summed E-state index contributed by atoms with van der Waals surface area (Å²) in [7, 11) is 1.54. The second-order valence-corrected chi connectivity index (χ2v) is 7.18. The highest BCUT2D eigenvalue weighted by Crippen LogP contribution is 2.34. The molecule has 2 aromatic carbocycles. The molecule has 2 aromatic rings. The Morgan fingerprint density at radius 1 is 1.10 bits per heavy atom. The van der Waals surface area contributed by atoms with Crippen molar-refractivity contribution in [1.29, 1.82) is 0 Å². The zero-order valence-electron chi connectivity index (χ0n) is 16.7. The maximum absolute atomic E-state index is 13.2. The number of anilines is 1. The first-order valence-electron chi connectivity index (χ1n) is 9.14. The van der Waals surface area contributed by atoms with Gasteiger partial charge in [0.15, 0.2) is 16.6 Å². The van der Waals surface area contributed by atoms with Gasteiger partial charge in [0, 0.05) is 5.56 Å². The van der Waals surface area contributed by atoms with Crippen molar-refractivity contribution in [1.82, 2.24) is 5.32 Å². The molecule has 29 heavy (non-hydrogen) atoms. The van der Waals surface area contributed by atoms with Crippen LogP contribution in [0.5, 0.6) is 11.5 Å². The number of rotatable bonds is 5. The lowest BCUT2D eigenvalue weighted by Gasteiger charge is -2.30. The fourth-order valence-electron chi connectivity index (χ4n) is 3.02. The molecule has 0 radical (unpaired) electrons. The number of nitrogens with zero attached hydrogens (tertiary/aromatic N) is 1. The van der Waals surface area contributed by atoms with Gasteiger partial charge in [0.25, 0.3) is 11.8 Å². The maximum Gasteiger partial charge on any atom is 0.270 e. The molecule has 0 unspecified atom stereocenters. The monoisotopic (exact) mass is 410 g/mol. The fourth-order valence-corrected chi connectivity index (χ4v) is 3.29. The Morgan fingerprint density at radius 3 is 2.48 bits per heavy atom. The highest BCUT2D eigenvalue weighted by Gasteiger charge is 2.35. The van der Waals surface area contributed by atoms with Crippen LogP contribution in [0.3, 0.4) is 0 Å². The number of carbonyl (C=O) groups is 2. The van der Waals surface area contributed by atoms with Gasteiger partial charge >= 0.3 is 0 Å². The topological polar surface area (TPSA) is 67.9 Å². The molecule has 0 aliphatic carbocycles. The number of thiocarbonyl (C=S) groups is 1. The van der Waals surface area contributed by atoms with E-state index in [0.717, 1.165) is 5.56 Å². The van der Waals surface area contributed by atoms with Crippen LogP contribution in [0.1, 0.15) is 25.0 Å². The Labute approximate surface area is 175 Å². The van der Waals surface area contributed by atoms with Gasteiger partial charge < -0.3 is 9.47 Å². The van der Waals surface area contributed by atoms with Crippen LogP contribution in [0.25, 0.3) is 6.08 Å². The van der Waals surface area contributed by atoms with Crippen LogP contribution >= 0.6 is 12.2 Å². The summed E-state index contributed by atoms with van der Waals surface area (Å²) in [6.07, 6.45) is 1.39. The number of hydrogen-bond donors (Lipinski definition) is 1. The predicted octanol–water partition coefficient (Wildman–Crippen LogP) is 3.62. The summed E-state index contributed by atoms with van der Waals surface area (Å²) in [6.45, 7) is 5.65. The van der Waals surface area contributed by atoms with E-state index < -0.39 is 11.8 Å². The van der Waals surface area contributed by atoms with Crippen molar-refractivity contribution < 1.29 is 19.1 Å². The van der Waals surface area contributed by atoms with E-state index in [1.165, 1.54) is 18.1 Å². The molecule has 1 N–H and O–H groups in total. The van der Waals surface area contributed by atoms with Crippen molar-refractivity contribution in [3.8, 4) is 11.5 Å². The molecule has 3 rings (SSSR count).